The fourth-order valence-corrected chi connectivity index (χ4v) is 3.68. The highest BCUT2D eigenvalue weighted by Gasteiger charge is 2.47. The van der Waals surface area contributed by atoms with E-state index < -0.39 is 0 Å². The van der Waals surface area contributed by atoms with Gasteiger partial charge in [0.25, 0.3) is 0 Å². The molecule has 0 radical (unpaired) electrons. The van der Waals surface area contributed by atoms with Crippen LogP contribution in [0.15, 0.2) is 0 Å². The van der Waals surface area contributed by atoms with Crippen molar-refractivity contribution in [2.24, 2.45) is 11.3 Å². The molecular formula is C14H24N4O2. The van der Waals surface area contributed by atoms with Crippen molar-refractivity contribution in [1.29, 1.82) is 0 Å². The van der Waals surface area contributed by atoms with Gasteiger partial charge in [0.1, 0.15) is 0 Å². The molecule has 2 aliphatic heterocycles. The lowest BCUT2D eigenvalue weighted by Crippen LogP contribution is -2.58. The van der Waals surface area contributed by atoms with Crippen LogP contribution in [0.1, 0.15) is 26.2 Å². The van der Waals surface area contributed by atoms with E-state index in [1.165, 1.54) is 6.42 Å². The molecule has 0 bridgehead atoms. The third kappa shape index (κ3) is 2.61. The van der Waals surface area contributed by atoms with E-state index >= 15 is 0 Å². The Kier molecular flexibility index (Phi) is 3.36. The molecule has 0 aromatic carbocycles. The van der Waals surface area contributed by atoms with E-state index in [2.05, 4.69) is 22.9 Å². The first-order valence-electron chi connectivity index (χ1n) is 7.51. The van der Waals surface area contributed by atoms with Crippen LogP contribution in [-0.4, -0.2) is 55.6 Å². The first-order chi connectivity index (χ1) is 9.51. The van der Waals surface area contributed by atoms with Crippen molar-refractivity contribution in [3.8, 4) is 0 Å². The van der Waals surface area contributed by atoms with Gasteiger partial charge in [0.15, 0.2) is 0 Å². The Morgan fingerprint density at radius 3 is 2.80 bits per heavy atom. The normalized spacial score (nSPS) is 39.8. The fraction of sp³-hybridized carbons (Fsp3) is 0.857. The molecule has 3 aliphatic rings. The molecule has 6 nitrogen and oxygen atoms in total. The van der Waals surface area contributed by atoms with Gasteiger partial charge in [-0.05, 0) is 18.8 Å². The van der Waals surface area contributed by atoms with Crippen LogP contribution in [0.2, 0.25) is 0 Å². The van der Waals surface area contributed by atoms with Gasteiger partial charge in [-0.25, -0.2) is 4.79 Å². The third-order valence-corrected chi connectivity index (χ3v) is 4.90. The van der Waals surface area contributed by atoms with Gasteiger partial charge in [0.05, 0.1) is 0 Å². The van der Waals surface area contributed by atoms with Crippen molar-refractivity contribution in [1.82, 2.24) is 20.9 Å². The lowest BCUT2D eigenvalue weighted by Gasteiger charge is -2.43. The Balaban J connectivity index is 1.71. The maximum atomic E-state index is 12.0. The largest absolute Gasteiger partial charge is 0.355 e. The Morgan fingerprint density at radius 2 is 2.25 bits per heavy atom. The number of nitrogens with one attached hydrogen (secondary N) is 3. The molecule has 6 heteroatoms. The number of nitrogens with zero attached hydrogens (tertiary/aromatic N) is 1. The summed E-state index contributed by atoms with van der Waals surface area (Å²) in [5.74, 6) is 0.854. The van der Waals surface area contributed by atoms with Crippen LogP contribution in [0.5, 0.6) is 0 Å². The van der Waals surface area contributed by atoms with E-state index in [-0.39, 0.29) is 17.4 Å². The molecule has 0 aromatic rings. The molecule has 20 heavy (non-hydrogen) atoms. The summed E-state index contributed by atoms with van der Waals surface area (Å²) in [5.41, 5.74) is -0.0857. The molecule has 112 valence electrons. The first-order valence-corrected chi connectivity index (χ1v) is 7.51. The molecule has 3 amide bonds. The van der Waals surface area contributed by atoms with E-state index in [0.29, 0.717) is 31.6 Å². The number of urea groups is 1. The molecule has 1 spiro atoms. The van der Waals surface area contributed by atoms with Crippen LogP contribution in [0, 0.1) is 11.3 Å². The standard InChI is InChI=1S/C14H24N4O2/c1-9-3-11(9)17-10-4-14(5-12(19)16-7-14)8-18(6-10)13(20)15-2/h9-11,17H,3-8H2,1-2H3,(H,15,20)(H,16,19). The van der Waals surface area contributed by atoms with Crippen molar-refractivity contribution < 1.29 is 9.59 Å². The Bertz CT molecular complexity index is 427. The molecule has 1 aliphatic carbocycles. The number of carbonyl (C=O) groups excluding carboxylic acids is 2. The highest BCUT2D eigenvalue weighted by Crippen LogP contribution is 2.38. The summed E-state index contributed by atoms with van der Waals surface area (Å²) in [6.45, 7) is 4.34. The van der Waals surface area contributed by atoms with Gasteiger partial charge in [0, 0.05) is 50.6 Å². The smallest absolute Gasteiger partial charge is 0.317 e. The second-order valence-electron chi connectivity index (χ2n) is 6.78. The summed E-state index contributed by atoms with van der Waals surface area (Å²) in [4.78, 5) is 25.4. The van der Waals surface area contributed by atoms with E-state index in [1.54, 1.807) is 7.05 Å². The van der Waals surface area contributed by atoms with Crippen LogP contribution >= 0.6 is 0 Å². The van der Waals surface area contributed by atoms with Gasteiger partial charge in [0.2, 0.25) is 5.91 Å². The molecule has 0 aromatic heterocycles. The summed E-state index contributed by atoms with van der Waals surface area (Å²) in [7, 11) is 1.66. The number of amides is 3. The van der Waals surface area contributed by atoms with Gasteiger partial charge >= 0.3 is 6.03 Å². The monoisotopic (exact) mass is 280 g/mol. The van der Waals surface area contributed by atoms with Gasteiger partial charge in [-0.3, -0.25) is 4.79 Å². The first kappa shape index (κ1) is 13.7. The van der Waals surface area contributed by atoms with Gasteiger partial charge in [-0.2, -0.15) is 0 Å². The molecule has 2 saturated heterocycles. The van der Waals surface area contributed by atoms with Crippen LogP contribution in [0.4, 0.5) is 4.79 Å². The van der Waals surface area contributed by atoms with E-state index in [9.17, 15) is 9.59 Å². The van der Waals surface area contributed by atoms with Crippen molar-refractivity contribution in [3.05, 3.63) is 0 Å². The number of rotatable bonds is 2. The minimum atomic E-state index is -0.0857. The molecule has 4 unspecified atom stereocenters. The van der Waals surface area contributed by atoms with E-state index in [0.717, 1.165) is 18.9 Å². The summed E-state index contributed by atoms with van der Waals surface area (Å²) in [5, 5.41) is 9.29. The summed E-state index contributed by atoms with van der Waals surface area (Å²) in [6.07, 6.45) is 2.74. The zero-order chi connectivity index (χ0) is 14.3. The molecule has 3 N–H and O–H groups in total. The number of hydrogen-bond acceptors (Lipinski definition) is 3. The quantitative estimate of drug-likeness (QED) is 0.661. The molecular weight excluding hydrogens is 256 g/mol. The average molecular weight is 280 g/mol. The maximum absolute atomic E-state index is 12.0. The second-order valence-corrected chi connectivity index (χ2v) is 6.78. The molecule has 3 fully saturated rings. The number of carbonyl (C=O) groups is 2. The lowest BCUT2D eigenvalue weighted by atomic mass is 9.77. The maximum Gasteiger partial charge on any atom is 0.317 e. The predicted molar refractivity (Wildman–Crippen MR) is 75.2 cm³/mol. The fourth-order valence-electron chi connectivity index (χ4n) is 3.68. The molecule has 1 saturated carbocycles. The van der Waals surface area contributed by atoms with Crippen LogP contribution in [0.25, 0.3) is 0 Å². The van der Waals surface area contributed by atoms with Gasteiger partial charge in [-0.15, -0.1) is 0 Å². The second kappa shape index (κ2) is 4.91. The highest BCUT2D eigenvalue weighted by molar-refractivity contribution is 5.80. The minimum Gasteiger partial charge on any atom is -0.355 e. The minimum absolute atomic E-state index is 0.0425. The Hall–Kier alpha value is -1.30. The van der Waals surface area contributed by atoms with E-state index in [1.807, 2.05) is 4.90 Å². The van der Waals surface area contributed by atoms with Gasteiger partial charge < -0.3 is 20.9 Å². The van der Waals surface area contributed by atoms with Crippen LogP contribution in [-0.2, 0) is 4.79 Å². The SMILES string of the molecule is CNC(=O)N1CC(NC2CC2C)CC2(CNC(=O)C2)C1. The van der Waals surface area contributed by atoms with Crippen molar-refractivity contribution >= 4 is 11.9 Å². The number of likely N-dealkylation sites (tertiary alicyclic amines) is 1. The summed E-state index contributed by atoms with van der Waals surface area (Å²) >= 11 is 0. The van der Waals surface area contributed by atoms with Gasteiger partial charge in [-0.1, -0.05) is 6.92 Å². The van der Waals surface area contributed by atoms with Crippen molar-refractivity contribution in [2.75, 3.05) is 26.7 Å². The highest BCUT2D eigenvalue weighted by atomic mass is 16.2. The molecule has 4 atom stereocenters. The Morgan fingerprint density at radius 1 is 1.50 bits per heavy atom. The van der Waals surface area contributed by atoms with Crippen molar-refractivity contribution in [3.63, 3.8) is 0 Å². The van der Waals surface area contributed by atoms with Crippen molar-refractivity contribution in [2.45, 2.75) is 38.3 Å². The third-order valence-electron chi connectivity index (χ3n) is 4.90. The summed E-state index contributed by atoms with van der Waals surface area (Å²) in [6, 6.07) is 0.842. The molecule has 2 heterocycles. The summed E-state index contributed by atoms with van der Waals surface area (Å²) < 4.78 is 0. The predicted octanol–water partition coefficient (Wildman–Crippen LogP) is -0.0956. The van der Waals surface area contributed by atoms with Crippen LogP contribution < -0.4 is 16.0 Å². The number of hydrogen-bond donors (Lipinski definition) is 3. The van der Waals surface area contributed by atoms with E-state index in [4.69, 9.17) is 0 Å². The topological polar surface area (TPSA) is 73.5 Å². The lowest BCUT2D eigenvalue weighted by molar-refractivity contribution is -0.119. The Labute approximate surface area is 119 Å². The zero-order valence-electron chi connectivity index (χ0n) is 12.2. The molecule has 3 rings (SSSR count). The average Bonchev–Trinajstić information content (AvgIpc) is 2.98. The number of piperidine rings is 1. The zero-order valence-corrected chi connectivity index (χ0v) is 12.2. The van der Waals surface area contributed by atoms with Crippen LogP contribution in [0.3, 0.4) is 0 Å².